The van der Waals surface area contributed by atoms with Crippen molar-refractivity contribution in [1.29, 1.82) is 0 Å². The molecule has 1 aromatic carbocycles. The standard InChI is InChI=1S/C21H31N3O3/c1-15-11-18(21(26)24-10-7-22-17(3)13-24)12-16(2)20(15)27-14-19(25)23-8-5-4-6-9-23/h11-12,17,22H,4-10,13-14H2,1-3H3. The zero-order valence-corrected chi connectivity index (χ0v) is 16.7. The van der Waals surface area contributed by atoms with E-state index in [2.05, 4.69) is 12.2 Å². The van der Waals surface area contributed by atoms with Crippen LogP contribution in [0.5, 0.6) is 5.75 Å². The first kappa shape index (κ1) is 19.7. The summed E-state index contributed by atoms with van der Waals surface area (Å²) in [6, 6.07) is 4.07. The van der Waals surface area contributed by atoms with Gasteiger partial charge in [-0.25, -0.2) is 0 Å². The lowest BCUT2D eigenvalue weighted by Crippen LogP contribution is -2.51. The van der Waals surface area contributed by atoms with Crippen molar-refractivity contribution in [3.05, 3.63) is 28.8 Å². The molecule has 2 amide bonds. The Balaban J connectivity index is 1.65. The van der Waals surface area contributed by atoms with Gasteiger partial charge in [0.05, 0.1) is 0 Å². The Labute approximate surface area is 161 Å². The van der Waals surface area contributed by atoms with Gasteiger partial charge in [0.2, 0.25) is 0 Å². The van der Waals surface area contributed by atoms with Crippen LogP contribution in [0.3, 0.4) is 0 Å². The number of piperazine rings is 1. The van der Waals surface area contributed by atoms with E-state index < -0.39 is 0 Å². The number of benzene rings is 1. The van der Waals surface area contributed by atoms with Gasteiger partial charge in [-0.2, -0.15) is 0 Å². The first-order valence-corrected chi connectivity index (χ1v) is 10.00. The molecule has 2 saturated heterocycles. The number of rotatable bonds is 4. The number of nitrogens with zero attached hydrogens (tertiary/aromatic N) is 2. The van der Waals surface area contributed by atoms with Gasteiger partial charge in [0.1, 0.15) is 5.75 Å². The molecule has 1 atom stereocenters. The minimum atomic E-state index is 0.0449. The summed E-state index contributed by atoms with van der Waals surface area (Å²) < 4.78 is 5.85. The van der Waals surface area contributed by atoms with E-state index in [-0.39, 0.29) is 18.4 Å². The first-order valence-electron chi connectivity index (χ1n) is 10.00. The molecule has 148 valence electrons. The summed E-state index contributed by atoms with van der Waals surface area (Å²) in [5.41, 5.74) is 2.48. The van der Waals surface area contributed by atoms with Crippen molar-refractivity contribution in [1.82, 2.24) is 15.1 Å². The molecular formula is C21H31N3O3. The number of piperidine rings is 1. The number of hydrogen-bond donors (Lipinski definition) is 1. The Hall–Kier alpha value is -2.08. The maximum absolute atomic E-state index is 12.8. The molecule has 1 aromatic rings. The van der Waals surface area contributed by atoms with Crippen LogP contribution in [-0.4, -0.2) is 67.0 Å². The van der Waals surface area contributed by atoms with Crippen LogP contribution in [0.2, 0.25) is 0 Å². The second kappa shape index (κ2) is 8.74. The van der Waals surface area contributed by atoms with Gasteiger partial charge in [-0.05, 0) is 63.3 Å². The Morgan fingerprint density at radius 2 is 1.74 bits per heavy atom. The minimum absolute atomic E-state index is 0.0449. The number of carbonyl (C=O) groups excluding carboxylic acids is 2. The SMILES string of the molecule is Cc1cc(C(=O)N2CCNC(C)C2)cc(C)c1OCC(=O)N1CCCCC1. The van der Waals surface area contributed by atoms with Gasteiger partial charge in [0, 0.05) is 44.3 Å². The quantitative estimate of drug-likeness (QED) is 0.878. The molecule has 0 bridgehead atoms. The minimum Gasteiger partial charge on any atom is -0.483 e. The molecule has 0 aliphatic carbocycles. The van der Waals surface area contributed by atoms with E-state index in [0.717, 1.165) is 56.7 Å². The molecule has 27 heavy (non-hydrogen) atoms. The molecule has 0 saturated carbocycles. The molecule has 6 heteroatoms. The van der Waals surface area contributed by atoms with Crippen molar-refractivity contribution in [2.45, 2.75) is 46.1 Å². The Morgan fingerprint density at radius 1 is 1.07 bits per heavy atom. The van der Waals surface area contributed by atoms with E-state index in [4.69, 9.17) is 4.74 Å². The Morgan fingerprint density at radius 3 is 2.37 bits per heavy atom. The topological polar surface area (TPSA) is 61.9 Å². The number of nitrogens with one attached hydrogen (secondary N) is 1. The second-order valence-electron chi connectivity index (χ2n) is 7.78. The second-order valence-corrected chi connectivity index (χ2v) is 7.78. The fourth-order valence-corrected chi connectivity index (χ4v) is 3.97. The van der Waals surface area contributed by atoms with Gasteiger partial charge in [-0.15, -0.1) is 0 Å². The highest BCUT2D eigenvalue weighted by Crippen LogP contribution is 2.26. The van der Waals surface area contributed by atoms with Gasteiger partial charge in [0.25, 0.3) is 11.8 Å². The van der Waals surface area contributed by atoms with Crippen LogP contribution in [0.4, 0.5) is 0 Å². The van der Waals surface area contributed by atoms with Crippen LogP contribution in [-0.2, 0) is 4.79 Å². The summed E-state index contributed by atoms with van der Waals surface area (Å²) in [5.74, 6) is 0.819. The lowest BCUT2D eigenvalue weighted by molar-refractivity contribution is -0.134. The summed E-state index contributed by atoms with van der Waals surface area (Å²) in [4.78, 5) is 29.0. The van der Waals surface area contributed by atoms with Crippen LogP contribution >= 0.6 is 0 Å². The van der Waals surface area contributed by atoms with E-state index in [0.29, 0.717) is 17.4 Å². The third kappa shape index (κ3) is 4.80. The predicted octanol–water partition coefficient (Wildman–Crippen LogP) is 2.13. The number of carbonyl (C=O) groups is 2. The highest BCUT2D eigenvalue weighted by molar-refractivity contribution is 5.95. The molecular weight excluding hydrogens is 342 g/mol. The maximum Gasteiger partial charge on any atom is 0.260 e. The third-order valence-corrected chi connectivity index (χ3v) is 5.41. The normalized spacial score (nSPS) is 20.5. The van der Waals surface area contributed by atoms with Crippen LogP contribution in [0.25, 0.3) is 0 Å². The van der Waals surface area contributed by atoms with E-state index in [1.165, 1.54) is 6.42 Å². The van der Waals surface area contributed by atoms with Crippen molar-refractivity contribution in [2.75, 3.05) is 39.3 Å². The number of likely N-dealkylation sites (tertiary alicyclic amines) is 1. The van der Waals surface area contributed by atoms with Crippen LogP contribution in [0, 0.1) is 13.8 Å². The van der Waals surface area contributed by atoms with E-state index in [9.17, 15) is 9.59 Å². The molecule has 0 radical (unpaired) electrons. The summed E-state index contributed by atoms with van der Waals surface area (Å²) >= 11 is 0. The first-order chi connectivity index (χ1) is 13.0. The van der Waals surface area contributed by atoms with Crippen molar-refractivity contribution in [3.63, 3.8) is 0 Å². The molecule has 1 N–H and O–H groups in total. The van der Waals surface area contributed by atoms with Gasteiger partial charge < -0.3 is 19.9 Å². The highest BCUT2D eigenvalue weighted by Gasteiger charge is 2.23. The Kier molecular flexibility index (Phi) is 6.37. The summed E-state index contributed by atoms with van der Waals surface area (Å²) in [6.45, 7) is 9.95. The van der Waals surface area contributed by atoms with Gasteiger partial charge >= 0.3 is 0 Å². The van der Waals surface area contributed by atoms with Crippen molar-refractivity contribution in [3.8, 4) is 5.75 Å². The summed E-state index contributed by atoms with van der Waals surface area (Å²) in [7, 11) is 0. The van der Waals surface area contributed by atoms with Gasteiger partial charge in [-0.1, -0.05) is 0 Å². The number of amides is 2. The average Bonchev–Trinajstić information content (AvgIpc) is 2.67. The lowest BCUT2D eigenvalue weighted by atomic mass is 10.0. The van der Waals surface area contributed by atoms with Crippen LogP contribution in [0.15, 0.2) is 12.1 Å². The smallest absolute Gasteiger partial charge is 0.260 e. The molecule has 6 nitrogen and oxygen atoms in total. The van der Waals surface area contributed by atoms with E-state index >= 15 is 0 Å². The van der Waals surface area contributed by atoms with E-state index in [1.54, 1.807) is 0 Å². The van der Waals surface area contributed by atoms with Crippen LogP contribution < -0.4 is 10.1 Å². The zero-order chi connectivity index (χ0) is 19.4. The molecule has 3 rings (SSSR count). The fourth-order valence-electron chi connectivity index (χ4n) is 3.97. The number of hydrogen-bond acceptors (Lipinski definition) is 4. The molecule has 2 aliphatic heterocycles. The molecule has 2 heterocycles. The van der Waals surface area contributed by atoms with Crippen molar-refractivity contribution < 1.29 is 14.3 Å². The lowest BCUT2D eigenvalue weighted by Gasteiger charge is -2.32. The zero-order valence-electron chi connectivity index (χ0n) is 16.7. The summed E-state index contributed by atoms with van der Waals surface area (Å²) in [5, 5.41) is 3.35. The van der Waals surface area contributed by atoms with Gasteiger partial charge in [0.15, 0.2) is 6.61 Å². The highest BCUT2D eigenvalue weighted by atomic mass is 16.5. The summed E-state index contributed by atoms with van der Waals surface area (Å²) in [6.07, 6.45) is 3.35. The Bertz CT molecular complexity index is 675. The predicted molar refractivity (Wildman–Crippen MR) is 105 cm³/mol. The number of ether oxygens (including phenoxy) is 1. The van der Waals surface area contributed by atoms with Crippen molar-refractivity contribution >= 4 is 11.8 Å². The van der Waals surface area contributed by atoms with Crippen molar-refractivity contribution in [2.24, 2.45) is 0 Å². The number of aryl methyl sites for hydroxylation is 2. The molecule has 2 aliphatic rings. The monoisotopic (exact) mass is 373 g/mol. The maximum atomic E-state index is 12.8. The molecule has 2 fully saturated rings. The molecule has 0 aromatic heterocycles. The largest absolute Gasteiger partial charge is 0.483 e. The molecule has 1 unspecified atom stereocenters. The third-order valence-electron chi connectivity index (χ3n) is 5.41. The molecule has 0 spiro atoms. The van der Waals surface area contributed by atoms with Crippen LogP contribution in [0.1, 0.15) is 47.7 Å². The van der Waals surface area contributed by atoms with Gasteiger partial charge in [-0.3, -0.25) is 9.59 Å². The fraction of sp³-hybridized carbons (Fsp3) is 0.619. The average molecular weight is 373 g/mol. The van der Waals surface area contributed by atoms with E-state index in [1.807, 2.05) is 35.8 Å².